The minimum Gasteiger partial charge on any atom is -0.370 e. The Morgan fingerprint density at radius 3 is 2.52 bits per heavy atom. The number of anilines is 2. The van der Waals surface area contributed by atoms with Gasteiger partial charge in [-0.1, -0.05) is 20.3 Å². The maximum absolute atomic E-state index is 12.1. The summed E-state index contributed by atoms with van der Waals surface area (Å²) < 4.78 is 0. The Morgan fingerprint density at radius 1 is 1.40 bits per heavy atom. The number of nitrogens with zero attached hydrogens (tertiary/aromatic N) is 3. The first-order chi connectivity index (χ1) is 11.4. The Kier molecular flexibility index (Phi) is 8.62. The normalized spacial score (nSPS) is 17.8. The summed E-state index contributed by atoms with van der Waals surface area (Å²) >= 11 is 0. The molecule has 1 amide bonds. The lowest BCUT2D eigenvalue weighted by molar-refractivity contribution is -0.118. The highest BCUT2D eigenvalue weighted by Crippen LogP contribution is 2.22. The van der Waals surface area contributed by atoms with E-state index in [1.807, 2.05) is 32.2 Å². The van der Waals surface area contributed by atoms with Crippen molar-refractivity contribution in [1.82, 2.24) is 9.88 Å². The van der Waals surface area contributed by atoms with Gasteiger partial charge in [0, 0.05) is 19.1 Å². The molecule has 1 aliphatic rings. The van der Waals surface area contributed by atoms with E-state index >= 15 is 0 Å². The molecule has 2 rings (SSSR count). The zero-order valence-corrected chi connectivity index (χ0v) is 16.6. The quantitative estimate of drug-likeness (QED) is 0.805. The summed E-state index contributed by atoms with van der Waals surface area (Å²) in [5.41, 5.74) is 7.06. The molecule has 1 aromatic rings. The third-order valence-corrected chi connectivity index (χ3v) is 5.12. The summed E-state index contributed by atoms with van der Waals surface area (Å²) in [7, 11) is 4.28. The SMILES string of the molecule is CCC(C)C(N)C(=O)Nc1ccc(N2CCC(N(C)C)CC2)cn1.Cl. The van der Waals surface area contributed by atoms with Gasteiger partial charge in [0.1, 0.15) is 5.82 Å². The largest absolute Gasteiger partial charge is 0.370 e. The van der Waals surface area contributed by atoms with E-state index in [-0.39, 0.29) is 24.2 Å². The second kappa shape index (κ2) is 9.94. The van der Waals surface area contributed by atoms with Crippen LogP contribution in [0.2, 0.25) is 0 Å². The van der Waals surface area contributed by atoms with Crippen molar-refractivity contribution in [3.8, 4) is 0 Å². The first-order valence-electron chi connectivity index (χ1n) is 8.86. The van der Waals surface area contributed by atoms with Gasteiger partial charge >= 0.3 is 0 Å². The topological polar surface area (TPSA) is 74.5 Å². The third-order valence-electron chi connectivity index (χ3n) is 5.12. The molecule has 1 aromatic heterocycles. The number of nitrogens with two attached hydrogens (primary N) is 1. The lowest BCUT2D eigenvalue weighted by atomic mass is 9.99. The summed E-state index contributed by atoms with van der Waals surface area (Å²) in [6.07, 6.45) is 5.04. The van der Waals surface area contributed by atoms with Gasteiger partial charge in [0.2, 0.25) is 5.91 Å². The number of amides is 1. The van der Waals surface area contributed by atoms with E-state index in [0.717, 1.165) is 38.0 Å². The third kappa shape index (κ3) is 5.83. The van der Waals surface area contributed by atoms with Crippen LogP contribution >= 0.6 is 12.4 Å². The van der Waals surface area contributed by atoms with Crippen molar-refractivity contribution in [2.45, 2.75) is 45.2 Å². The van der Waals surface area contributed by atoms with E-state index in [0.29, 0.717) is 11.9 Å². The van der Waals surface area contributed by atoms with Crippen LogP contribution in [0.1, 0.15) is 33.1 Å². The number of nitrogens with one attached hydrogen (secondary N) is 1. The predicted octanol–water partition coefficient (Wildman–Crippen LogP) is 2.35. The average Bonchev–Trinajstić information content (AvgIpc) is 2.61. The summed E-state index contributed by atoms with van der Waals surface area (Å²) in [4.78, 5) is 21.1. The van der Waals surface area contributed by atoms with E-state index in [9.17, 15) is 4.79 Å². The first kappa shape index (κ1) is 21.7. The van der Waals surface area contributed by atoms with Crippen molar-refractivity contribution in [3.05, 3.63) is 18.3 Å². The number of halogens is 1. The molecule has 1 aliphatic heterocycles. The van der Waals surface area contributed by atoms with Gasteiger partial charge in [-0.05, 0) is 45.0 Å². The van der Waals surface area contributed by atoms with Crippen molar-refractivity contribution in [3.63, 3.8) is 0 Å². The number of hydrogen-bond acceptors (Lipinski definition) is 5. The molecule has 0 radical (unpaired) electrons. The summed E-state index contributed by atoms with van der Waals surface area (Å²) in [6.45, 7) is 6.09. The van der Waals surface area contributed by atoms with Gasteiger partial charge in [-0.25, -0.2) is 4.98 Å². The van der Waals surface area contributed by atoms with Gasteiger partial charge in [-0.2, -0.15) is 0 Å². The fourth-order valence-corrected chi connectivity index (χ4v) is 3.01. The van der Waals surface area contributed by atoms with Gasteiger partial charge in [0.05, 0.1) is 17.9 Å². The monoisotopic (exact) mass is 369 g/mol. The number of hydrogen-bond donors (Lipinski definition) is 2. The summed E-state index contributed by atoms with van der Waals surface area (Å²) in [5.74, 6) is 0.546. The highest BCUT2D eigenvalue weighted by atomic mass is 35.5. The van der Waals surface area contributed by atoms with Gasteiger partial charge in [-0.15, -0.1) is 12.4 Å². The molecule has 1 fully saturated rings. The molecule has 7 heteroatoms. The molecule has 1 saturated heterocycles. The Bertz CT molecular complexity index is 529. The highest BCUT2D eigenvalue weighted by molar-refractivity contribution is 5.94. The lowest BCUT2D eigenvalue weighted by Crippen LogP contribution is -2.42. The maximum atomic E-state index is 12.1. The maximum Gasteiger partial charge on any atom is 0.242 e. The molecule has 0 saturated carbocycles. The number of rotatable bonds is 6. The van der Waals surface area contributed by atoms with Crippen LogP contribution in [0.3, 0.4) is 0 Å². The molecule has 2 atom stereocenters. The standard InChI is InChI=1S/C18H31N5O.ClH/c1-5-13(2)17(19)18(24)21-16-7-6-15(12-20-16)23-10-8-14(9-11-23)22(3)4;/h6-7,12-14,17H,5,8-11,19H2,1-4H3,(H,20,21,24);1H. The fourth-order valence-electron chi connectivity index (χ4n) is 3.01. The van der Waals surface area contributed by atoms with Crippen molar-refractivity contribution in [1.29, 1.82) is 0 Å². The van der Waals surface area contributed by atoms with Crippen LogP contribution in [0, 0.1) is 5.92 Å². The predicted molar refractivity (Wildman–Crippen MR) is 106 cm³/mol. The molecule has 142 valence electrons. The molecule has 2 unspecified atom stereocenters. The molecular weight excluding hydrogens is 338 g/mol. The van der Waals surface area contributed by atoms with Gasteiger partial charge in [0.25, 0.3) is 0 Å². The average molecular weight is 370 g/mol. The van der Waals surface area contributed by atoms with E-state index in [2.05, 4.69) is 34.2 Å². The number of pyridine rings is 1. The molecule has 3 N–H and O–H groups in total. The van der Waals surface area contributed by atoms with Crippen LogP contribution in [0.5, 0.6) is 0 Å². The minimum absolute atomic E-state index is 0. The lowest BCUT2D eigenvalue weighted by Gasteiger charge is -2.36. The highest BCUT2D eigenvalue weighted by Gasteiger charge is 2.22. The zero-order chi connectivity index (χ0) is 17.7. The smallest absolute Gasteiger partial charge is 0.242 e. The van der Waals surface area contributed by atoms with Crippen molar-refractivity contribution in [2.75, 3.05) is 37.4 Å². The second-order valence-corrected chi connectivity index (χ2v) is 6.98. The Labute approximate surface area is 157 Å². The zero-order valence-electron chi connectivity index (χ0n) is 15.7. The minimum atomic E-state index is -0.499. The van der Waals surface area contributed by atoms with Crippen LogP contribution in [0.15, 0.2) is 18.3 Å². The number of carbonyl (C=O) groups is 1. The molecule has 0 aromatic carbocycles. The first-order valence-corrected chi connectivity index (χ1v) is 8.86. The number of carbonyl (C=O) groups excluding carboxylic acids is 1. The van der Waals surface area contributed by atoms with Gasteiger partial charge in [-0.3, -0.25) is 4.79 Å². The van der Waals surface area contributed by atoms with Crippen LogP contribution in [-0.2, 0) is 4.79 Å². The molecule has 0 aliphatic carbocycles. The van der Waals surface area contributed by atoms with Crippen LogP contribution in [0.25, 0.3) is 0 Å². The van der Waals surface area contributed by atoms with Crippen LogP contribution < -0.4 is 16.0 Å². The van der Waals surface area contributed by atoms with Crippen molar-refractivity contribution in [2.24, 2.45) is 11.7 Å². The Balaban J connectivity index is 0.00000312. The summed E-state index contributed by atoms with van der Waals surface area (Å²) in [6, 6.07) is 4.04. The van der Waals surface area contributed by atoms with E-state index in [1.165, 1.54) is 0 Å². The van der Waals surface area contributed by atoms with Gasteiger partial charge < -0.3 is 20.9 Å². The Morgan fingerprint density at radius 2 is 2.04 bits per heavy atom. The van der Waals surface area contributed by atoms with Gasteiger partial charge in [0.15, 0.2) is 0 Å². The molecule has 2 heterocycles. The van der Waals surface area contributed by atoms with E-state index in [4.69, 9.17) is 5.73 Å². The molecule has 0 spiro atoms. The van der Waals surface area contributed by atoms with Crippen molar-refractivity contribution >= 4 is 29.8 Å². The van der Waals surface area contributed by atoms with Crippen LogP contribution in [-0.4, -0.2) is 55.1 Å². The van der Waals surface area contributed by atoms with E-state index < -0.39 is 6.04 Å². The molecular formula is C18H32ClN5O. The molecule has 0 bridgehead atoms. The molecule has 25 heavy (non-hydrogen) atoms. The molecule has 6 nitrogen and oxygen atoms in total. The van der Waals surface area contributed by atoms with Crippen molar-refractivity contribution < 1.29 is 4.79 Å². The number of aromatic nitrogens is 1. The Hall–Kier alpha value is -1.37. The second-order valence-electron chi connectivity index (χ2n) is 6.98. The van der Waals surface area contributed by atoms with E-state index in [1.54, 1.807) is 0 Å². The summed E-state index contributed by atoms with van der Waals surface area (Å²) in [5, 5.41) is 2.81. The van der Waals surface area contributed by atoms with Crippen LogP contribution in [0.4, 0.5) is 11.5 Å². The number of piperidine rings is 1. The fraction of sp³-hybridized carbons (Fsp3) is 0.667.